The highest BCUT2D eigenvalue weighted by Crippen LogP contribution is 2.33. The van der Waals surface area contributed by atoms with Gasteiger partial charge in [0, 0.05) is 16.7 Å². The van der Waals surface area contributed by atoms with Gasteiger partial charge in [0.1, 0.15) is 0 Å². The number of halogens is 9. The van der Waals surface area contributed by atoms with E-state index in [0.29, 0.717) is 0 Å². The van der Waals surface area contributed by atoms with E-state index in [9.17, 15) is 39.5 Å². The lowest BCUT2D eigenvalue weighted by Crippen LogP contribution is -1.91. The standard InChI is InChI=1S/C12H3F9/c13-7(10(16)17)4-1-5(8(14)11(18)19)3-6(2-4)9(15)12(20)21/h1-3H. The average Bonchev–Trinajstić information content (AvgIpc) is 2.43. The Morgan fingerprint density at radius 1 is 0.429 bits per heavy atom. The summed E-state index contributed by atoms with van der Waals surface area (Å²) in [6, 6.07) is 0.613. The minimum atomic E-state index is -2.91. The molecule has 0 bridgehead atoms. The number of benzene rings is 1. The van der Waals surface area contributed by atoms with Crippen LogP contribution in [-0.2, 0) is 0 Å². The van der Waals surface area contributed by atoms with Crippen molar-refractivity contribution in [3.8, 4) is 0 Å². The lowest BCUT2D eigenvalue weighted by atomic mass is 10.0. The first-order chi connectivity index (χ1) is 9.65. The van der Waals surface area contributed by atoms with Gasteiger partial charge in [0.15, 0.2) is 17.5 Å². The monoisotopic (exact) mass is 318 g/mol. The van der Waals surface area contributed by atoms with E-state index in [1.54, 1.807) is 0 Å². The quantitative estimate of drug-likeness (QED) is 0.574. The third kappa shape index (κ3) is 3.89. The second-order valence-electron chi connectivity index (χ2n) is 3.52. The van der Waals surface area contributed by atoms with E-state index in [1.807, 2.05) is 0 Å². The maximum Gasteiger partial charge on any atom is 0.306 e. The molecule has 0 unspecified atom stereocenters. The number of rotatable bonds is 3. The molecule has 0 heterocycles. The Hall–Kier alpha value is -2.19. The molecule has 0 aliphatic carbocycles. The van der Waals surface area contributed by atoms with Crippen LogP contribution in [0.2, 0.25) is 0 Å². The van der Waals surface area contributed by atoms with Crippen molar-refractivity contribution >= 4 is 17.5 Å². The smallest absolute Gasteiger partial charge is 0.200 e. The number of hydrogen-bond donors (Lipinski definition) is 0. The van der Waals surface area contributed by atoms with E-state index in [4.69, 9.17) is 0 Å². The van der Waals surface area contributed by atoms with Crippen LogP contribution in [0.3, 0.4) is 0 Å². The molecular weight excluding hydrogens is 315 g/mol. The molecule has 0 spiro atoms. The van der Waals surface area contributed by atoms with Gasteiger partial charge < -0.3 is 0 Å². The van der Waals surface area contributed by atoms with E-state index in [-0.39, 0.29) is 18.2 Å². The van der Waals surface area contributed by atoms with Gasteiger partial charge in [-0.1, -0.05) is 0 Å². The van der Waals surface area contributed by atoms with Crippen LogP contribution in [0.25, 0.3) is 17.5 Å². The zero-order valence-corrected chi connectivity index (χ0v) is 9.63. The summed E-state index contributed by atoms with van der Waals surface area (Å²) in [4.78, 5) is 0. The van der Waals surface area contributed by atoms with Crippen LogP contribution in [-0.4, -0.2) is 0 Å². The first-order valence-corrected chi connectivity index (χ1v) is 4.93. The Bertz CT molecular complexity index is 540. The molecule has 0 N–H and O–H groups in total. The highest BCUT2D eigenvalue weighted by atomic mass is 19.3. The van der Waals surface area contributed by atoms with E-state index in [2.05, 4.69) is 0 Å². The zero-order valence-electron chi connectivity index (χ0n) is 9.63. The lowest BCUT2D eigenvalue weighted by molar-refractivity contribution is 0.410. The molecule has 0 aliphatic heterocycles. The van der Waals surface area contributed by atoms with Crippen molar-refractivity contribution < 1.29 is 39.5 Å². The summed E-state index contributed by atoms with van der Waals surface area (Å²) >= 11 is 0. The van der Waals surface area contributed by atoms with Gasteiger partial charge in [-0.15, -0.1) is 0 Å². The minimum Gasteiger partial charge on any atom is -0.200 e. The molecule has 0 amide bonds. The molecule has 0 atom stereocenters. The Morgan fingerprint density at radius 2 is 0.619 bits per heavy atom. The third-order valence-electron chi connectivity index (χ3n) is 2.19. The molecule has 21 heavy (non-hydrogen) atoms. The van der Waals surface area contributed by atoms with Crippen molar-refractivity contribution in [2.45, 2.75) is 0 Å². The van der Waals surface area contributed by atoms with Gasteiger partial charge in [0.05, 0.1) is 0 Å². The predicted molar refractivity (Wildman–Crippen MR) is 57.2 cm³/mol. The van der Waals surface area contributed by atoms with Crippen LogP contribution in [0, 0.1) is 0 Å². The van der Waals surface area contributed by atoms with Gasteiger partial charge in [-0.05, 0) is 18.2 Å². The molecule has 114 valence electrons. The normalized spacial score (nSPS) is 10.1. The van der Waals surface area contributed by atoms with Gasteiger partial charge in [-0.3, -0.25) is 0 Å². The maximum absolute atomic E-state index is 13.0. The fraction of sp³-hybridized carbons (Fsp3) is 0. The Labute approximate surface area is 111 Å². The van der Waals surface area contributed by atoms with E-state index in [1.165, 1.54) is 0 Å². The van der Waals surface area contributed by atoms with Gasteiger partial charge >= 0.3 is 18.2 Å². The molecule has 0 saturated carbocycles. The summed E-state index contributed by atoms with van der Waals surface area (Å²) in [6.45, 7) is 0. The first-order valence-electron chi connectivity index (χ1n) is 4.93. The third-order valence-corrected chi connectivity index (χ3v) is 2.19. The van der Waals surface area contributed by atoms with Crippen molar-refractivity contribution in [3.63, 3.8) is 0 Å². The fourth-order valence-electron chi connectivity index (χ4n) is 1.34. The van der Waals surface area contributed by atoms with Crippen LogP contribution in [0.1, 0.15) is 16.7 Å². The zero-order chi connectivity index (χ0) is 16.3. The van der Waals surface area contributed by atoms with Crippen LogP contribution < -0.4 is 0 Å². The van der Waals surface area contributed by atoms with Crippen molar-refractivity contribution in [1.29, 1.82) is 0 Å². The van der Waals surface area contributed by atoms with Crippen LogP contribution in [0.15, 0.2) is 36.4 Å². The van der Waals surface area contributed by atoms with Crippen molar-refractivity contribution in [1.82, 2.24) is 0 Å². The molecule has 1 aromatic rings. The topological polar surface area (TPSA) is 0 Å². The van der Waals surface area contributed by atoms with E-state index < -0.39 is 52.4 Å². The van der Waals surface area contributed by atoms with Crippen LogP contribution in [0.5, 0.6) is 0 Å². The summed E-state index contributed by atoms with van der Waals surface area (Å²) < 4.78 is 112. The van der Waals surface area contributed by atoms with Gasteiger partial charge in [-0.25, -0.2) is 13.2 Å². The number of hydrogen-bond acceptors (Lipinski definition) is 0. The summed E-state index contributed by atoms with van der Waals surface area (Å²) in [5.74, 6) is -6.84. The Morgan fingerprint density at radius 3 is 0.762 bits per heavy atom. The van der Waals surface area contributed by atoms with Crippen molar-refractivity contribution in [3.05, 3.63) is 53.1 Å². The molecule has 0 aromatic heterocycles. The second-order valence-corrected chi connectivity index (χ2v) is 3.52. The molecule has 0 aliphatic rings. The average molecular weight is 318 g/mol. The fourth-order valence-corrected chi connectivity index (χ4v) is 1.34. The summed E-state index contributed by atoms with van der Waals surface area (Å²) in [5, 5.41) is 0. The Kier molecular flexibility index (Phi) is 5.23. The summed E-state index contributed by atoms with van der Waals surface area (Å²) in [6.07, 6.45) is -8.73. The molecular formula is C12H3F9. The lowest BCUT2D eigenvalue weighted by Gasteiger charge is -2.06. The summed E-state index contributed by atoms with van der Waals surface area (Å²) in [5.41, 5.74) is -3.68. The SMILES string of the molecule is FC(F)=C(F)c1cc(C(F)=C(F)F)cc(C(F)=C(F)F)c1. The molecule has 0 saturated heterocycles. The maximum atomic E-state index is 13.0. The molecule has 0 nitrogen and oxygen atoms in total. The molecule has 0 radical (unpaired) electrons. The summed E-state index contributed by atoms with van der Waals surface area (Å²) in [7, 11) is 0. The molecule has 1 aromatic carbocycles. The minimum absolute atomic E-state index is 0.204. The van der Waals surface area contributed by atoms with Crippen molar-refractivity contribution in [2.24, 2.45) is 0 Å². The van der Waals surface area contributed by atoms with Crippen LogP contribution in [0.4, 0.5) is 39.5 Å². The molecule has 1 rings (SSSR count). The molecule has 0 fully saturated rings. The van der Waals surface area contributed by atoms with Gasteiger partial charge in [0.2, 0.25) is 0 Å². The predicted octanol–water partition coefficient (Wildman–Crippen LogP) is 6.29. The van der Waals surface area contributed by atoms with E-state index >= 15 is 0 Å². The highest BCUT2D eigenvalue weighted by Gasteiger charge is 2.18. The van der Waals surface area contributed by atoms with Crippen LogP contribution >= 0.6 is 0 Å². The van der Waals surface area contributed by atoms with Gasteiger partial charge in [0.25, 0.3) is 0 Å². The largest absolute Gasteiger partial charge is 0.306 e. The first kappa shape index (κ1) is 16.9. The molecule has 9 heteroatoms. The van der Waals surface area contributed by atoms with E-state index in [0.717, 1.165) is 0 Å². The second kappa shape index (κ2) is 6.51. The van der Waals surface area contributed by atoms with Crippen molar-refractivity contribution in [2.75, 3.05) is 0 Å². The Balaban J connectivity index is 3.67. The van der Waals surface area contributed by atoms with Gasteiger partial charge in [-0.2, -0.15) is 26.3 Å². The highest BCUT2D eigenvalue weighted by molar-refractivity contribution is 5.73.